The number of halogens is 1. The molecule has 0 saturated carbocycles. The van der Waals surface area contributed by atoms with Gasteiger partial charge in [-0.2, -0.15) is 0 Å². The molecule has 0 bridgehead atoms. The molecule has 0 aliphatic heterocycles. The molecule has 1 nitrogen and oxygen atoms in total. The third kappa shape index (κ3) is 3.71. The van der Waals surface area contributed by atoms with Gasteiger partial charge in [-0.3, -0.25) is 0 Å². The van der Waals surface area contributed by atoms with Crippen LogP contribution in [0.5, 0.6) is 5.75 Å². The lowest BCUT2D eigenvalue weighted by molar-refractivity contribution is 0.338. The Morgan fingerprint density at radius 3 is 2.80 bits per heavy atom. The van der Waals surface area contributed by atoms with Crippen LogP contribution in [0.4, 0.5) is 0 Å². The Hall–Kier alpha value is -0.760. The van der Waals surface area contributed by atoms with Crippen molar-refractivity contribution in [3.8, 4) is 5.75 Å². The highest BCUT2D eigenvalue weighted by Crippen LogP contribution is 2.27. The van der Waals surface area contributed by atoms with Crippen molar-refractivity contribution < 1.29 is 4.74 Å². The SMILES string of the molecule is C=CC(C)Cc1ccc(OCC)c(Br)c1. The molecule has 0 heterocycles. The summed E-state index contributed by atoms with van der Waals surface area (Å²) in [5.74, 6) is 1.42. The lowest BCUT2D eigenvalue weighted by Gasteiger charge is -2.09. The molecule has 0 radical (unpaired) electrons. The van der Waals surface area contributed by atoms with Gasteiger partial charge >= 0.3 is 0 Å². The van der Waals surface area contributed by atoms with Gasteiger partial charge in [0.1, 0.15) is 5.75 Å². The summed E-state index contributed by atoms with van der Waals surface area (Å²) in [4.78, 5) is 0. The van der Waals surface area contributed by atoms with Crippen molar-refractivity contribution in [1.29, 1.82) is 0 Å². The van der Waals surface area contributed by atoms with Crippen LogP contribution < -0.4 is 4.74 Å². The Kier molecular flexibility index (Phi) is 4.89. The number of hydrogen-bond acceptors (Lipinski definition) is 1. The summed E-state index contributed by atoms with van der Waals surface area (Å²) in [5, 5.41) is 0. The topological polar surface area (TPSA) is 9.23 Å². The Bertz CT molecular complexity index is 333. The summed E-state index contributed by atoms with van der Waals surface area (Å²) in [6.07, 6.45) is 3.00. The van der Waals surface area contributed by atoms with Crippen LogP contribution in [0.15, 0.2) is 35.3 Å². The summed E-state index contributed by atoms with van der Waals surface area (Å²) in [6, 6.07) is 6.24. The molecule has 1 aromatic rings. The molecule has 1 aromatic carbocycles. The largest absolute Gasteiger partial charge is 0.493 e. The van der Waals surface area contributed by atoms with E-state index in [1.165, 1.54) is 5.56 Å². The second-order valence-electron chi connectivity index (χ2n) is 3.61. The van der Waals surface area contributed by atoms with Crippen molar-refractivity contribution in [2.45, 2.75) is 20.3 Å². The number of rotatable bonds is 5. The molecule has 1 unspecified atom stereocenters. The summed E-state index contributed by atoms with van der Waals surface area (Å²) in [6.45, 7) is 8.64. The third-order valence-electron chi connectivity index (χ3n) is 2.26. The molecular formula is C13H17BrO. The normalized spacial score (nSPS) is 12.2. The first kappa shape index (κ1) is 12.3. The van der Waals surface area contributed by atoms with E-state index in [2.05, 4.69) is 41.6 Å². The Morgan fingerprint density at radius 1 is 1.53 bits per heavy atom. The molecule has 1 rings (SSSR count). The molecule has 0 spiro atoms. The lowest BCUT2D eigenvalue weighted by Crippen LogP contribution is -1.97. The molecule has 82 valence electrons. The zero-order chi connectivity index (χ0) is 11.3. The first-order chi connectivity index (χ1) is 7.17. The maximum atomic E-state index is 5.46. The van der Waals surface area contributed by atoms with Crippen molar-refractivity contribution in [2.24, 2.45) is 5.92 Å². The zero-order valence-corrected chi connectivity index (χ0v) is 10.9. The summed E-state index contributed by atoms with van der Waals surface area (Å²) in [5.41, 5.74) is 1.30. The van der Waals surface area contributed by atoms with Crippen LogP contribution in [0.25, 0.3) is 0 Å². The predicted octanol–water partition coefficient (Wildman–Crippen LogP) is 4.21. The number of ether oxygens (including phenoxy) is 1. The number of hydrogen-bond donors (Lipinski definition) is 0. The van der Waals surface area contributed by atoms with Gasteiger partial charge in [0.25, 0.3) is 0 Å². The van der Waals surface area contributed by atoms with Crippen LogP contribution in [-0.2, 0) is 6.42 Å². The van der Waals surface area contributed by atoms with Gasteiger partial charge in [0, 0.05) is 0 Å². The van der Waals surface area contributed by atoms with Gasteiger partial charge in [-0.25, -0.2) is 0 Å². The number of benzene rings is 1. The highest BCUT2D eigenvalue weighted by atomic mass is 79.9. The fraction of sp³-hybridized carbons (Fsp3) is 0.385. The van der Waals surface area contributed by atoms with Gasteiger partial charge in [0.2, 0.25) is 0 Å². The van der Waals surface area contributed by atoms with E-state index in [4.69, 9.17) is 4.74 Å². The van der Waals surface area contributed by atoms with Gasteiger partial charge in [0.05, 0.1) is 11.1 Å². The molecule has 0 saturated heterocycles. The highest BCUT2D eigenvalue weighted by molar-refractivity contribution is 9.10. The molecule has 1 atom stereocenters. The van der Waals surface area contributed by atoms with Crippen LogP contribution in [0.3, 0.4) is 0 Å². The van der Waals surface area contributed by atoms with Crippen LogP contribution in [0.2, 0.25) is 0 Å². The molecule has 15 heavy (non-hydrogen) atoms. The second kappa shape index (κ2) is 5.96. The van der Waals surface area contributed by atoms with Crippen molar-refractivity contribution in [3.05, 3.63) is 40.9 Å². The van der Waals surface area contributed by atoms with E-state index >= 15 is 0 Å². The predicted molar refractivity (Wildman–Crippen MR) is 68.4 cm³/mol. The first-order valence-corrected chi connectivity index (χ1v) is 6.00. The summed E-state index contributed by atoms with van der Waals surface area (Å²) < 4.78 is 6.48. The van der Waals surface area contributed by atoms with Crippen molar-refractivity contribution >= 4 is 15.9 Å². The standard InChI is InChI=1S/C13H17BrO/c1-4-10(3)8-11-6-7-13(15-5-2)12(14)9-11/h4,6-7,9-10H,1,5,8H2,2-3H3. The molecule has 2 heteroatoms. The molecule has 0 fully saturated rings. The average molecular weight is 269 g/mol. The van der Waals surface area contributed by atoms with Crippen LogP contribution in [-0.4, -0.2) is 6.61 Å². The van der Waals surface area contributed by atoms with E-state index in [1.807, 2.05) is 19.1 Å². The maximum absolute atomic E-state index is 5.46. The maximum Gasteiger partial charge on any atom is 0.133 e. The zero-order valence-electron chi connectivity index (χ0n) is 9.29. The van der Waals surface area contributed by atoms with E-state index in [0.717, 1.165) is 16.6 Å². The minimum Gasteiger partial charge on any atom is -0.493 e. The van der Waals surface area contributed by atoms with Crippen molar-refractivity contribution in [1.82, 2.24) is 0 Å². The smallest absolute Gasteiger partial charge is 0.133 e. The lowest BCUT2D eigenvalue weighted by atomic mass is 10.0. The van der Waals surface area contributed by atoms with E-state index < -0.39 is 0 Å². The molecule has 0 aliphatic carbocycles. The summed E-state index contributed by atoms with van der Waals surface area (Å²) in [7, 11) is 0. The van der Waals surface area contributed by atoms with Gasteiger partial charge in [-0.1, -0.05) is 19.1 Å². The van der Waals surface area contributed by atoms with Crippen LogP contribution in [0.1, 0.15) is 19.4 Å². The van der Waals surface area contributed by atoms with Gasteiger partial charge in [0.15, 0.2) is 0 Å². The molecular weight excluding hydrogens is 252 g/mol. The van der Waals surface area contributed by atoms with E-state index in [0.29, 0.717) is 12.5 Å². The first-order valence-electron chi connectivity index (χ1n) is 5.21. The van der Waals surface area contributed by atoms with Crippen LogP contribution in [0, 0.1) is 5.92 Å². The van der Waals surface area contributed by atoms with Gasteiger partial charge in [-0.15, -0.1) is 6.58 Å². The monoisotopic (exact) mass is 268 g/mol. The number of allylic oxidation sites excluding steroid dienone is 1. The summed E-state index contributed by atoms with van der Waals surface area (Å²) >= 11 is 3.51. The molecule has 0 amide bonds. The molecule has 0 aromatic heterocycles. The molecule has 0 aliphatic rings. The van der Waals surface area contributed by atoms with Crippen molar-refractivity contribution in [3.63, 3.8) is 0 Å². The van der Waals surface area contributed by atoms with Gasteiger partial charge < -0.3 is 4.74 Å². The Labute approximate surface area is 100 Å². The molecule has 0 N–H and O–H groups in total. The van der Waals surface area contributed by atoms with E-state index in [1.54, 1.807) is 0 Å². The highest BCUT2D eigenvalue weighted by Gasteiger charge is 2.04. The average Bonchev–Trinajstić information content (AvgIpc) is 2.22. The van der Waals surface area contributed by atoms with Crippen LogP contribution >= 0.6 is 15.9 Å². The Morgan fingerprint density at radius 2 is 2.27 bits per heavy atom. The van der Waals surface area contributed by atoms with E-state index in [-0.39, 0.29) is 0 Å². The minimum absolute atomic E-state index is 0.509. The van der Waals surface area contributed by atoms with E-state index in [9.17, 15) is 0 Å². The quantitative estimate of drug-likeness (QED) is 0.727. The van der Waals surface area contributed by atoms with Crippen molar-refractivity contribution in [2.75, 3.05) is 6.61 Å². The fourth-order valence-corrected chi connectivity index (χ4v) is 1.94. The fourth-order valence-electron chi connectivity index (χ4n) is 1.40. The minimum atomic E-state index is 0.509. The Balaban J connectivity index is 2.77. The third-order valence-corrected chi connectivity index (χ3v) is 2.88. The van der Waals surface area contributed by atoms with Gasteiger partial charge in [-0.05, 0) is 52.9 Å². The second-order valence-corrected chi connectivity index (χ2v) is 4.47.